The van der Waals surface area contributed by atoms with Gasteiger partial charge in [-0.05, 0) is 74.1 Å². The highest BCUT2D eigenvalue weighted by Crippen LogP contribution is 2.35. The van der Waals surface area contributed by atoms with Crippen molar-refractivity contribution in [1.29, 1.82) is 0 Å². The van der Waals surface area contributed by atoms with Gasteiger partial charge in [-0.1, -0.05) is 44.4 Å². The quantitative estimate of drug-likeness (QED) is 0.785. The van der Waals surface area contributed by atoms with Gasteiger partial charge in [0.05, 0.1) is 0 Å². The molecule has 3 rings (SSSR count). The van der Waals surface area contributed by atoms with E-state index in [1.54, 1.807) is 16.7 Å². The fraction of sp³-hybridized carbons (Fsp3) is 0.700. The zero-order valence-electron chi connectivity index (χ0n) is 13.7. The van der Waals surface area contributed by atoms with Gasteiger partial charge in [0.2, 0.25) is 0 Å². The number of benzene rings is 1. The minimum atomic E-state index is 0.595. The maximum atomic E-state index is 3.86. The van der Waals surface area contributed by atoms with Crippen LogP contribution in [0, 0.1) is 5.92 Å². The Balaban J connectivity index is 1.80. The molecule has 0 aromatic heterocycles. The molecule has 0 aliphatic heterocycles. The standard InChI is InChI=1S/C20H31N/c1-2-14-21-20(17-9-4-3-5-10-17)19-13-12-16-8-6-7-11-18(16)15-19/h12-13,15,17,20-21H,2-11,14H2,1H3. The molecule has 1 nitrogen and oxygen atoms in total. The molecule has 1 fully saturated rings. The van der Waals surface area contributed by atoms with Crippen molar-refractivity contribution in [2.24, 2.45) is 5.92 Å². The van der Waals surface area contributed by atoms with Crippen molar-refractivity contribution >= 4 is 0 Å². The second kappa shape index (κ2) is 7.45. The molecule has 0 heterocycles. The van der Waals surface area contributed by atoms with Crippen LogP contribution in [-0.4, -0.2) is 6.54 Å². The average molecular weight is 285 g/mol. The monoisotopic (exact) mass is 285 g/mol. The number of hydrogen-bond acceptors (Lipinski definition) is 1. The first-order chi connectivity index (χ1) is 10.4. The molecule has 2 aliphatic rings. The zero-order valence-corrected chi connectivity index (χ0v) is 13.7. The van der Waals surface area contributed by atoms with E-state index in [9.17, 15) is 0 Å². The Labute approximate surface area is 130 Å². The molecule has 1 aromatic rings. The van der Waals surface area contributed by atoms with E-state index in [-0.39, 0.29) is 0 Å². The van der Waals surface area contributed by atoms with Crippen LogP contribution in [0.25, 0.3) is 0 Å². The van der Waals surface area contributed by atoms with E-state index in [1.165, 1.54) is 64.2 Å². The highest BCUT2D eigenvalue weighted by molar-refractivity contribution is 5.35. The predicted octanol–water partition coefficient (Wildman–Crippen LogP) is 5.19. The maximum absolute atomic E-state index is 3.86. The van der Waals surface area contributed by atoms with Crippen LogP contribution in [0.15, 0.2) is 18.2 Å². The minimum Gasteiger partial charge on any atom is -0.310 e. The summed E-state index contributed by atoms with van der Waals surface area (Å²) in [5, 5.41) is 3.86. The highest BCUT2D eigenvalue weighted by Gasteiger charge is 2.25. The van der Waals surface area contributed by atoms with Crippen molar-refractivity contribution in [2.75, 3.05) is 6.54 Å². The van der Waals surface area contributed by atoms with Crippen molar-refractivity contribution in [3.63, 3.8) is 0 Å². The summed E-state index contributed by atoms with van der Waals surface area (Å²) in [7, 11) is 0. The fourth-order valence-corrected chi connectivity index (χ4v) is 4.27. The molecule has 0 amide bonds. The predicted molar refractivity (Wildman–Crippen MR) is 90.7 cm³/mol. The summed E-state index contributed by atoms with van der Waals surface area (Å²) >= 11 is 0. The first-order valence-electron chi connectivity index (χ1n) is 9.23. The lowest BCUT2D eigenvalue weighted by atomic mass is 9.79. The molecule has 1 N–H and O–H groups in total. The molecule has 0 radical (unpaired) electrons. The molecule has 1 atom stereocenters. The lowest BCUT2D eigenvalue weighted by Gasteiger charge is -2.32. The molecule has 0 saturated heterocycles. The number of fused-ring (bicyclic) bond motifs is 1. The molecule has 0 bridgehead atoms. The van der Waals surface area contributed by atoms with Crippen LogP contribution in [0.2, 0.25) is 0 Å². The van der Waals surface area contributed by atoms with E-state index in [0.717, 1.165) is 12.5 Å². The second-order valence-electron chi connectivity index (χ2n) is 7.07. The molecule has 1 unspecified atom stereocenters. The first-order valence-corrected chi connectivity index (χ1v) is 9.23. The third-order valence-electron chi connectivity index (χ3n) is 5.47. The summed E-state index contributed by atoms with van der Waals surface area (Å²) in [4.78, 5) is 0. The molecule has 0 spiro atoms. The van der Waals surface area contributed by atoms with Gasteiger partial charge in [0.15, 0.2) is 0 Å². The van der Waals surface area contributed by atoms with Gasteiger partial charge in [0.25, 0.3) is 0 Å². The average Bonchev–Trinajstić information content (AvgIpc) is 2.56. The summed E-state index contributed by atoms with van der Waals surface area (Å²) < 4.78 is 0. The van der Waals surface area contributed by atoms with Crippen LogP contribution in [0.3, 0.4) is 0 Å². The highest BCUT2D eigenvalue weighted by atomic mass is 14.9. The van der Waals surface area contributed by atoms with Gasteiger partial charge in [-0.15, -0.1) is 0 Å². The van der Waals surface area contributed by atoms with Crippen molar-refractivity contribution in [1.82, 2.24) is 5.32 Å². The van der Waals surface area contributed by atoms with Crippen molar-refractivity contribution < 1.29 is 0 Å². The Kier molecular flexibility index (Phi) is 5.35. The second-order valence-corrected chi connectivity index (χ2v) is 7.07. The van der Waals surface area contributed by atoms with Crippen LogP contribution < -0.4 is 5.32 Å². The summed E-state index contributed by atoms with van der Waals surface area (Å²) in [5.74, 6) is 0.854. The van der Waals surface area contributed by atoms with Crippen LogP contribution in [-0.2, 0) is 12.8 Å². The fourth-order valence-electron chi connectivity index (χ4n) is 4.27. The van der Waals surface area contributed by atoms with Gasteiger partial charge in [-0.2, -0.15) is 0 Å². The summed E-state index contributed by atoms with van der Waals surface area (Å²) in [6.07, 6.45) is 13.7. The Morgan fingerprint density at radius 3 is 2.52 bits per heavy atom. The molecule has 21 heavy (non-hydrogen) atoms. The molecule has 2 aliphatic carbocycles. The molecule has 1 aromatic carbocycles. The van der Waals surface area contributed by atoms with Gasteiger partial charge in [0.1, 0.15) is 0 Å². The van der Waals surface area contributed by atoms with E-state index in [1.807, 2.05) is 0 Å². The molecule has 1 heteroatoms. The van der Waals surface area contributed by atoms with Gasteiger partial charge < -0.3 is 5.32 Å². The van der Waals surface area contributed by atoms with E-state index in [4.69, 9.17) is 0 Å². The molecule has 116 valence electrons. The third-order valence-corrected chi connectivity index (χ3v) is 5.47. The molecule has 1 saturated carbocycles. The third kappa shape index (κ3) is 3.69. The smallest absolute Gasteiger partial charge is 0.0348 e. The minimum absolute atomic E-state index is 0.595. The van der Waals surface area contributed by atoms with E-state index >= 15 is 0 Å². The van der Waals surface area contributed by atoms with E-state index in [2.05, 4.69) is 30.4 Å². The summed E-state index contributed by atoms with van der Waals surface area (Å²) in [5.41, 5.74) is 4.82. The molecular formula is C20H31N. The van der Waals surface area contributed by atoms with E-state index in [0.29, 0.717) is 6.04 Å². The normalized spacial score (nSPS) is 21.0. The number of nitrogens with one attached hydrogen (secondary N) is 1. The zero-order chi connectivity index (χ0) is 14.5. The Morgan fingerprint density at radius 1 is 1.00 bits per heavy atom. The Hall–Kier alpha value is -0.820. The number of rotatable bonds is 5. The maximum Gasteiger partial charge on any atom is 0.0348 e. The van der Waals surface area contributed by atoms with Crippen LogP contribution in [0.5, 0.6) is 0 Å². The largest absolute Gasteiger partial charge is 0.310 e. The number of hydrogen-bond donors (Lipinski definition) is 1. The van der Waals surface area contributed by atoms with Crippen molar-refractivity contribution in [3.05, 3.63) is 34.9 Å². The van der Waals surface area contributed by atoms with Crippen LogP contribution in [0.4, 0.5) is 0 Å². The van der Waals surface area contributed by atoms with Gasteiger partial charge in [-0.25, -0.2) is 0 Å². The topological polar surface area (TPSA) is 12.0 Å². The van der Waals surface area contributed by atoms with Crippen molar-refractivity contribution in [2.45, 2.75) is 77.2 Å². The Bertz CT molecular complexity index is 445. The number of aryl methyl sites for hydroxylation is 2. The SMILES string of the molecule is CCCNC(c1ccc2c(c1)CCCC2)C1CCCCC1. The van der Waals surface area contributed by atoms with Gasteiger partial charge in [-0.3, -0.25) is 0 Å². The lowest BCUT2D eigenvalue weighted by Crippen LogP contribution is -2.30. The van der Waals surface area contributed by atoms with Crippen LogP contribution >= 0.6 is 0 Å². The van der Waals surface area contributed by atoms with Gasteiger partial charge >= 0.3 is 0 Å². The summed E-state index contributed by atoms with van der Waals surface area (Å²) in [6.45, 7) is 3.43. The molecular weight excluding hydrogens is 254 g/mol. The van der Waals surface area contributed by atoms with Crippen molar-refractivity contribution in [3.8, 4) is 0 Å². The van der Waals surface area contributed by atoms with Gasteiger partial charge in [0, 0.05) is 6.04 Å². The lowest BCUT2D eigenvalue weighted by molar-refractivity contribution is 0.272. The first kappa shape index (κ1) is 15.1. The Morgan fingerprint density at radius 2 is 1.76 bits per heavy atom. The van der Waals surface area contributed by atoms with Crippen LogP contribution in [0.1, 0.15) is 81.0 Å². The van der Waals surface area contributed by atoms with E-state index < -0.39 is 0 Å². The summed E-state index contributed by atoms with van der Waals surface area (Å²) in [6, 6.07) is 7.98.